The van der Waals surface area contributed by atoms with Crippen LogP contribution in [0.3, 0.4) is 0 Å². The Kier molecular flexibility index (Phi) is 5.76. The Labute approximate surface area is 182 Å². The normalized spacial score (nSPS) is 12.0. The SMILES string of the molecule is Fc1ccc(N(Cc2ccc3c(c2)OCO3)C(=S)Nc2ccc(Cl)c(Cl)c2)cc1. The monoisotopic (exact) mass is 448 g/mol. The number of hydrogen-bond acceptors (Lipinski definition) is 3. The van der Waals surface area contributed by atoms with Gasteiger partial charge in [-0.15, -0.1) is 0 Å². The van der Waals surface area contributed by atoms with E-state index in [-0.39, 0.29) is 12.6 Å². The third-order valence-electron chi connectivity index (χ3n) is 4.33. The van der Waals surface area contributed by atoms with Crippen LogP contribution in [0.1, 0.15) is 5.56 Å². The number of rotatable bonds is 4. The molecule has 148 valence electrons. The summed E-state index contributed by atoms with van der Waals surface area (Å²) >= 11 is 17.7. The maximum atomic E-state index is 13.4. The number of halogens is 3. The molecule has 0 radical (unpaired) electrons. The topological polar surface area (TPSA) is 33.7 Å². The van der Waals surface area contributed by atoms with Gasteiger partial charge in [-0.2, -0.15) is 0 Å². The van der Waals surface area contributed by atoms with Crippen molar-refractivity contribution < 1.29 is 13.9 Å². The minimum Gasteiger partial charge on any atom is -0.454 e. The molecule has 1 aliphatic heterocycles. The first kappa shape index (κ1) is 19.8. The van der Waals surface area contributed by atoms with E-state index in [4.69, 9.17) is 44.9 Å². The lowest BCUT2D eigenvalue weighted by atomic mass is 10.1. The zero-order chi connectivity index (χ0) is 20.4. The maximum Gasteiger partial charge on any atom is 0.231 e. The highest BCUT2D eigenvalue weighted by atomic mass is 35.5. The number of nitrogens with one attached hydrogen (secondary N) is 1. The van der Waals surface area contributed by atoms with Crippen LogP contribution in [0, 0.1) is 5.82 Å². The molecule has 4 nitrogen and oxygen atoms in total. The van der Waals surface area contributed by atoms with E-state index < -0.39 is 0 Å². The van der Waals surface area contributed by atoms with E-state index in [2.05, 4.69) is 5.32 Å². The molecular weight excluding hydrogens is 434 g/mol. The molecule has 1 N–H and O–H groups in total. The van der Waals surface area contributed by atoms with Gasteiger partial charge in [0.1, 0.15) is 5.82 Å². The van der Waals surface area contributed by atoms with Gasteiger partial charge < -0.3 is 19.7 Å². The van der Waals surface area contributed by atoms with Gasteiger partial charge in [-0.3, -0.25) is 0 Å². The zero-order valence-corrected chi connectivity index (χ0v) is 17.3. The van der Waals surface area contributed by atoms with Gasteiger partial charge in [-0.1, -0.05) is 29.3 Å². The molecule has 0 unspecified atom stereocenters. The predicted octanol–water partition coefficient (Wildman–Crippen LogP) is 6.26. The molecule has 0 aliphatic carbocycles. The van der Waals surface area contributed by atoms with Gasteiger partial charge >= 0.3 is 0 Å². The summed E-state index contributed by atoms with van der Waals surface area (Å²) in [4.78, 5) is 1.86. The van der Waals surface area contributed by atoms with Crippen molar-refractivity contribution in [2.75, 3.05) is 17.0 Å². The Balaban J connectivity index is 1.61. The molecule has 4 rings (SSSR count). The van der Waals surface area contributed by atoms with Crippen molar-refractivity contribution in [1.82, 2.24) is 0 Å². The third kappa shape index (κ3) is 4.56. The fourth-order valence-corrected chi connectivity index (χ4v) is 3.47. The number of anilines is 2. The number of nitrogens with zero attached hydrogens (tertiary/aromatic N) is 1. The van der Waals surface area contributed by atoms with Crippen LogP contribution in [0.5, 0.6) is 11.5 Å². The van der Waals surface area contributed by atoms with Crippen molar-refractivity contribution in [2.24, 2.45) is 0 Å². The van der Waals surface area contributed by atoms with E-state index in [1.54, 1.807) is 30.3 Å². The predicted molar refractivity (Wildman–Crippen MR) is 118 cm³/mol. The number of fused-ring (bicyclic) bond motifs is 1. The smallest absolute Gasteiger partial charge is 0.231 e. The molecule has 3 aromatic carbocycles. The molecule has 0 aromatic heterocycles. The van der Waals surface area contributed by atoms with E-state index in [1.165, 1.54) is 12.1 Å². The third-order valence-corrected chi connectivity index (χ3v) is 5.39. The summed E-state index contributed by atoms with van der Waals surface area (Å²) in [6.07, 6.45) is 0. The Morgan fingerprint density at radius 3 is 2.48 bits per heavy atom. The summed E-state index contributed by atoms with van der Waals surface area (Å²) in [6.45, 7) is 0.646. The summed E-state index contributed by atoms with van der Waals surface area (Å²) in [7, 11) is 0. The molecule has 0 spiro atoms. The molecule has 3 aromatic rings. The van der Waals surface area contributed by atoms with Gasteiger partial charge in [0, 0.05) is 11.4 Å². The molecule has 1 heterocycles. The molecule has 0 saturated carbocycles. The Bertz CT molecular complexity index is 1060. The minimum absolute atomic E-state index is 0.206. The molecule has 8 heteroatoms. The lowest BCUT2D eigenvalue weighted by molar-refractivity contribution is 0.174. The second kappa shape index (κ2) is 8.45. The van der Waals surface area contributed by atoms with Crippen LogP contribution in [-0.4, -0.2) is 11.9 Å². The maximum absolute atomic E-state index is 13.4. The van der Waals surface area contributed by atoms with Crippen LogP contribution < -0.4 is 19.7 Å². The average Bonchev–Trinajstić information content (AvgIpc) is 3.17. The fraction of sp³-hybridized carbons (Fsp3) is 0.0952. The largest absolute Gasteiger partial charge is 0.454 e. The Hall–Kier alpha value is -2.54. The number of thiocarbonyl (C=S) groups is 1. The molecule has 0 fully saturated rings. The fourth-order valence-electron chi connectivity index (χ4n) is 2.89. The van der Waals surface area contributed by atoms with Gasteiger partial charge in [0.2, 0.25) is 6.79 Å². The van der Waals surface area contributed by atoms with Crippen molar-refractivity contribution in [1.29, 1.82) is 0 Å². The highest BCUT2D eigenvalue weighted by Crippen LogP contribution is 2.33. The quantitative estimate of drug-likeness (QED) is 0.476. The molecule has 29 heavy (non-hydrogen) atoms. The van der Waals surface area contributed by atoms with Crippen LogP contribution >= 0.6 is 35.4 Å². The summed E-state index contributed by atoms with van der Waals surface area (Å²) < 4.78 is 24.3. The summed E-state index contributed by atoms with van der Waals surface area (Å²) in [5.74, 6) is 1.07. The molecule has 0 amide bonds. The van der Waals surface area contributed by atoms with E-state index in [0.29, 0.717) is 38.9 Å². The van der Waals surface area contributed by atoms with E-state index in [9.17, 15) is 4.39 Å². The molecule has 0 bridgehead atoms. The van der Waals surface area contributed by atoms with Gasteiger partial charge in [0.15, 0.2) is 16.6 Å². The highest BCUT2D eigenvalue weighted by Gasteiger charge is 2.18. The first-order chi connectivity index (χ1) is 14.0. The van der Waals surface area contributed by atoms with Gasteiger partial charge in [0.05, 0.1) is 16.6 Å². The lowest BCUT2D eigenvalue weighted by Crippen LogP contribution is -2.34. The molecule has 0 atom stereocenters. The van der Waals surface area contributed by atoms with Crippen molar-refractivity contribution in [3.8, 4) is 11.5 Å². The summed E-state index contributed by atoms with van der Waals surface area (Å²) in [6, 6.07) is 17.0. The van der Waals surface area contributed by atoms with Crippen LogP contribution in [0.2, 0.25) is 10.0 Å². The van der Waals surface area contributed by atoms with E-state index in [0.717, 1.165) is 11.3 Å². The number of ether oxygens (including phenoxy) is 2. The van der Waals surface area contributed by atoms with Crippen molar-refractivity contribution in [3.05, 3.63) is 82.1 Å². The molecular formula is C21H15Cl2FN2O2S. The number of hydrogen-bond donors (Lipinski definition) is 1. The Morgan fingerprint density at radius 1 is 0.966 bits per heavy atom. The first-order valence-corrected chi connectivity index (χ1v) is 9.84. The summed E-state index contributed by atoms with van der Waals surface area (Å²) in [5, 5.41) is 4.46. The van der Waals surface area contributed by atoms with Crippen molar-refractivity contribution >= 4 is 51.9 Å². The van der Waals surface area contributed by atoms with Crippen molar-refractivity contribution in [2.45, 2.75) is 6.54 Å². The Morgan fingerprint density at radius 2 is 1.72 bits per heavy atom. The molecule has 0 saturated heterocycles. The number of benzene rings is 3. The van der Waals surface area contributed by atoms with Gasteiger partial charge in [-0.05, 0) is 72.4 Å². The summed E-state index contributed by atoms with van der Waals surface area (Å²) in [5.41, 5.74) is 2.39. The van der Waals surface area contributed by atoms with E-state index >= 15 is 0 Å². The molecule has 1 aliphatic rings. The second-order valence-electron chi connectivity index (χ2n) is 6.31. The highest BCUT2D eigenvalue weighted by molar-refractivity contribution is 7.80. The minimum atomic E-state index is -0.319. The van der Waals surface area contributed by atoms with Crippen LogP contribution in [-0.2, 0) is 6.54 Å². The van der Waals surface area contributed by atoms with Crippen LogP contribution in [0.15, 0.2) is 60.7 Å². The first-order valence-electron chi connectivity index (χ1n) is 8.67. The standard InChI is InChI=1S/C21H15Cl2FN2O2S/c22-17-7-4-15(10-18(17)23)25-21(29)26(16-5-2-14(24)3-6-16)11-13-1-8-19-20(9-13)28-12-27-19/h1-10H,11-12H2,(H,25,29). The van der Waals surface area contributed by atoms with Gasteiger partial charge in [-0.25, -0.2) is 4.39 Å². The van der Waals surface area contributed by atoms with E-state index in [1.807, 2.05) is 23.1 Å². The van der Waals surface area contributed by atoms with Crippen LogP contribution in [0.25, 0.3) is 0 Å². The lowest BCUT2D eigenvalue weighted by Gasteiger charge is -2.26. The van der Waals surface area contributed by atoms with Crippen LogP contribution in [0.4, 0.5) is 15.8 Å². The van der Waals surface area contributed by atoms with Crippen molar-refractivity contribution in [3.63, 3.8) is 0 Å². The van der Waals surface area contributed by atoms with Gasteiger partial charge in [0.25, 0.3) is 0 Å². The second-order valence-corrected chi connectivity index (χ2v) is 7.51. The average molecular weight is 449 g/mol. The zero-order valence-electron chi connectivity index (χ0n) is 15.0.